The van der Waals surface area contributed by atoms with Crippen LogP contribution in [0.1, 0.15) is 64.2 Å². The lowest BCUT2D eigenvalue weighted by molar-refractivity contribution is -0.105. The lowest BCUT2D eigenvalue weighted by Gasteiger charge is -2.56. The molecule has 0 spiro atoms. The van der Waals surface area contributed by atoms with Crippen molar-refractivity contribution in [2.45, 2.75) is 76.4 Å². The van der Waals surface area contributed by atoms with Gasteiger partial charge in [0.1, 0.15) is 0 Å². The molecule has 0 aromatic carbocycles. The number of nitrogens with one attached hydrogen (secondary N) is 1. The van der Waals surface area contributed by atoms with Gasteiger partial charge in [0.15, 0.2) is 0 Å². The van der Waals surface area contributed by atoms with Crippen LogP contribution in [0.25, 0.3) is 0 Å². The molecular weight excluding hydrogens is 274 g/mol. The second-order valence-electron chi connectivity index (χ2n) is 8.98. The van der Waals surface area contributed by atoms with E-state index in [9.17, 15) is 5.11 Å². The van der Waals surface area contributed by atoms with Crippen LogP contribution in [-0.4, -0.2) is 37.0 Å². The minimum Gasteiger partial charge on any atom is -0.389 e. The fourth-order valence-corrected chi connectivity index (χ4v) is 6.37. The SMILES string of the molecule is OC(CNC1CCCC1)COCC12CC3CC(CC(C3)C1)C2. The summed E-state index contributed by atoms with van der Waals surface area (Å²) in [7, 11) is 0. The third kappa shape index (κ3) is 3.37. The smallest absolute Gasteiger partial charge is 0.0897 e. The topological polar surface area (TPSA) is 41.5 Å². The van der Waals surface area contributed by atoms with E-state index in [1.54, 1.807) is 0 Å². The average Bonchev–Trinajstić information content (AvgIpc) is 2.96. The van der Waals surface area contributed by atoms with Crippen LogP contribution in [0, 0.1) is 23.2 Å². The fourth-order valence-electron chi connectivity index (χ4n) is 6.37. The number of aliphatic hydroxyl groups is 1. The number of hydrogen-bond acceptors (Lipinski definition) is 3. The third-order valence-corrected chi connectivity index (χ3v) is 6.88. The Morgan fingerprint density at radius 2 is 1.59 bits per heavy atom. The van der Waals surface area contributed by atoms with Gasteiger partial charge in [-0.15, -0.1) is 0 Å². The van der Waals surface area contributed by atoms with Crippen LogP contribution in [0.4, 0.5) is 0 Å². The molecule has 0 heterocycles. The lowest BCUT2D eigenvalue weighted by atomic mass is 9.50. The molecule has 5 aliphatic carbocycles. The minimum atomic E-state index is -0.338. The van der Waals surface area contributed by atoms with E-state index in [-0.39, 0.29) is 6.10 Å². The van der Waals surface area contributed by atoms with E-state index >= 15 is 0 Å². The fraction of sp³-hybridized carbons (Fsp3) is 1.00. The van der Waals surface area contributed by atoms with Crippen molar-refractivity contribution < 1.29 is 9.84 Å². The lowest BCUT2D eigenvalue weighted by Crippen LogP contribution is -2.48. The number of hydrogen-bond donors (Lipinski definition) is 2. The van der Waals surface area contributed by atoms with Gasteiger partial charge in [-0.05, 0) is 74.5 Å². The van der Waals surface area contributed by atoms with Crippen LogP contribution in [0.3, 0.4) is 0 Å². The molecule has 4 bridgehead atoms. The van der Waals surface area contributed by atoms with Gasteiger partial charge in [0.25, 0.3) is 0 Å². The van der Waals surface area contributed by atoms with Crippen LogP contribution in [0.5, 0.6) is 0 Å². The van der Waals surface area contributed by atoms with Crippen LogP contribution >= 0.6 is 0 Å². The predicted molar refractivity (Wildman–Crippen MR) is 87.7 cm³/mol. The molecule has 0 aromatic heterocycles. The maximum Gasteiger partial charge on any atom is 0.0897 e. The summed E-state index contributed by atoms with van der Waals surface area (Å²) in [5.74, 6) is 2.97. The molecule has 5 fully saturated rings. The Bertz CT molecular complexity index is 342. The van der Waals surface area contributed by atoms with Crippen LogP contribution in [-0.2, 0) is 4.74 Å². The summed E-state index contributed by atoms with van der Waals surface area (Å²) in [6.45, 7) is 2.12. The summed E-state index contributed by atoms with van der Waals surface area (Å²) in [6.07, 6.45) is 13.6. The highest BCUT2D eigenvalue weighted by Crippen LogP contribution is 2.60. The first kappa shape index (κ1) is 15.4. The molecule has 0 aliphatic heterocycles. The Hall–Kier alpha value is -0.120. The summed E-state index contributed by atoms with van der Waals surface area (Å²) in [5.41, 5.74) is 0.480. The van der Waals surface area contributed by atoms with Crippen molar-refractivity contribution in [2.24, 2.45) is 23.2 Å². The number of aliphatic hydroxyl groups excluding tert-OH is 1. The molecule has 0 saturated heterocycles. The molecular formula is C19H33NO2. The molecule has 0 amide bonds. The zero-order valence-electron chi connectivity index (χ0n) is 13.9. The van der Waals surface area contributed by atoms with E-state index in [0.717, 1.165) is 24.4 Å². The minimum absolute atomic E-state index is 0.338. The highest BCUT2D eigenvalue weighted by atomic mass is 16.5. The molecule has 1 unspecified atom stereocenters. The van der Waals surface area contributed by atoms with Gasteiger partial charge in [-0.2, -0.15) is 0 Å². The third-order valence-electron chi connectivity index (χ3n) is 6.88. The van der Waals surface area contributed by atoms with Crippen molar-refractivity contribution in [2.75, 3.05) is 19.8 Å². The molecule has 5 rings (SSSR count). The van der Waals surface area contributed by atoms with Crippen LogP contribution in [0.2, 0.25) is 0 Å². The largest absolute Gasteiger partial charge is 0.389 e. The molecule has 0 aromatic rings. The first-order valence-corrected chi connectivity index (χ1v) is 9.70. The van der Waals surface area contributed by atoms with E-state index in [1.165, 1.54) is 64.2 Å². The number of rotatable bonds is 7. The molecule has 126 valence electrons. The summed E-state index contributed by atoms with van der Waals surface area (Å²) in [4.78, 5) is 0. The van der Waals surface area contributed by atoms with Crippen molar-refractivity contribution in [3.8, 4) is 0 Å². The second-order valence-corrected chi connectivity index (χ2v) is 8.98. The van der Waals surface area contributed by atoms with Gasteiger partial charge in [0.05, 0.1) is 19.3 Å². The van der Waals surface area contributed by atoms with E-state index in [1.807, 2.05) is 0 Å². The summed E-state index contributed by atoms with van der Waals surface area (Å²) in [5, 5.41) is 13.6. The van der Waals surface area contributed by atoms with Crippen LogP contribution in [0.15, 0.2) is 0 Å². The Labute approximate surface area is 135 Å². The first-order chi connectivity index (χ1) is 10.7. The number of ether oxygens (including phenoxy) is 1. The zero-order valence-corrected chi connectivity index (χ0v) is 13.9. The van der Waals surface area contributed by atoms with E-state index in [2.05, 4.69) is 5.32 Å². The molecule has 2 N–H and O–H groups in total. The maximum atomic E-state index is 10.1. The molecule has 22 heavy (non-hydrogen) atoms. The van der Waals surface area contributed by atoms with Gasteiger partial charge in [-0.3, -0.25) is 0 Å². The summed E-state index contributed by atoms with van der Waals surface area (Å²) < 4.78 is 6.01. The monoisotopic (exact) mass is 307 g/mol. The van der Waals surface area contributed by atoms with Crippen molar-refractivity contribution in [1.29, 1.82) is 0 Å². The van der Waals surface area contributed by atoms with Crippen molar-refractivity contribution >= 4 is 0 Å². The van der Waals surface area contributed by atoms with Crippen molar-refractivity contribution in [3.63, 3.8) is 0 Å². The Morgan fingerprint density at radius 1 is 1.00 bits per heavy atom. The summed E-state index contributed by atoms with van der Waals surface area (Å²) in [6, 6.07) is 0.637. The Morgan fingerprint density at radius 3 is 2.18 bits per heavy atom. The van der Waals surface area contributed by atoms with Gasteiger partial charge in [-0.25, -0.2) is 0 Å². The van der Waals surface area contributed by atoms with Crippen molar-refractivity contribution in [3.05, 3.63) is 0 Å². The van der Waals surface area contributed by atoms with Crippen molar-refractivity contribution in [1.82, 2.24) is 5.32 Å². The van der Waals surface area contributed by atoms with Crippen LogP contribution < -0.4 is 5.32 Å². The van der Waals surface area contributed by atoms with Gasteiger partial charge >= 0.3 is 0 Å². The standard InChI is InChI=1S/C19H33NO2/c21-18(11-20-17-3-1-2-4-17)12-22-13-19-8-14-5-15(9-19)7-16(6-14)10-19/h14-18,20-21H,1-13H2. The first-order valence-electron chi connectivity index (χ1n) is 9.70. The Kier molecular flexibility index (Phi) is 4.49. The quantitative estimate of drug-likeness (QED) is 0.759. The zero-order chi connectivity index (χ0) is 15.0. The van der Waals surface area contributed by atoms with Gasteiger partial charge in [0.2, 0.25) is 0 Å². The molecule has 0 radical (unpaired) electrons. The maximum absolute atomic E-state index is 10.1. The van der Waals surface area contributed by atoms with Gasteiger partial charge in [-0.1, -0.05) is 12.8 Å². The van der Waals surface area contributed by atoms with E-state index in [4.69, 9.17) is 4.74 Å². The van der Waals surface area contributed by atoms with Gasteiger partial charge < -0.3 is 15.2 Å². The molecule has 3 nitrogen and oxygen atoms in total. The van der Waals surface area contributed by atoms with E-state index in [0.29, 0.717) is 24.6 Å². The molecule has 5 saturated carbocycles. The molecule has 5 aliphatic rings. The van der Waals surface area contributed by atoms with Gasteiger partial charge in [0, 0.05) is 12.6 Å². The molecule has 3 heteroatoms. The highest BCUT2D eigenvalue weighted by Gasteiger charge is 2.50. The second kappa shape index (κ2) is 6.41. The summed E-state index contributed by atoms with van der Waals surface area (Å²) >= 11 is 0. The highest BCUT2D eigenvalue weighted by molar-refractivity contribution is 5.01. The van der Waals surface area contributed by atoms with E-state index < -0.39 is 0 Å². The average molecular weight is 307 g/mol. The Balaban J connectivity index is 1.18. The normalized spacial score (nSPS) is 42.1. The molecule has 1 atom stereocenters. The predicted octanol–water partition coefficient (Wildman–Crippen LogP) is 3.11.